The quantitative estimate of drug-likeness (QED) is 0.782. The summed E-state index contributed by atoms with van der Waals surface area (Å²) in [7, 11) is 0. The molecule has 1 aromatic heterocycles. The number of benzene rings is 1. The lowest BCUT2D eigenvalue weighted by molar-refractivity contribution is 0.0352. The molecule has 0 atom stereocenters. The van der Waals surface area contributed by atoms with Crippen LogP contribution >= 0.6 is 0 Å². The maximum absolute atomic E-state index is 10.1. The van der Waals surface area contributed by atoms with Crippen molar-refractivity contribution in [3.05, 3.63) is 30.1 Å². The third-order valence-corrected chi connectivity index (χ3v) is 4.23. The van der Waals surface area contributed by atoms with Crippen LogP contribution in [0.4, 0.5) is 11.4 Å². The van der Waals surface area contributed by atoms with Crippen LogP contribution in [0.2, 0.25) is 0 Å². The average molecular weight is 271 g/mol. The highest BCUT2D eigenvalue weighted by molar-refractivity contribution is 6.01. The second-order valence-electron chi connectivity index (χ2n) is 6.03. The first-order valence-electron chi connectivity index (χ1n) is 7.08. The summed E-state index contributed by atoms with van der Waals surface area (Å²) in [6, 6.07) is 6.12. The van der Waals surface area contributed by atoms with Crippen LogP contribution in [-0.2, 0) is 0 Å². The number of pyridine rings is 1. The van der Waals surface area contributed by atoms with E-state index in [0.717, 1.165) is 48.1 Å². The summed E-state index contributed by atoms with van der Waals surface area (Å²) < 4.78 is 0. The van der Waals surface area contributed by atoms with Crippen LogP contribution < -0.4 is 10.6 Å². The minimum absolute atomic E-state index is 0.530. The van der Waals surface area contributed by atoms with Gasteiger partial charge in [0.1, 0.15) is 0 Å². The molecule has 20 heavy (non-hydrogen) atoms. The lowest BCUT2D eigenvalue weighted by atomic mass is 9.93. The second-order valence-corrected chi connectivity index (χ2v) is 6.03. The van der Waals surface area contributed by atoms with E-state index in [1.165, 1.54) is 5.69 Å². The van der Waals surface area contributed by atoms with Gasteiger partial charge in [0.15, 0.2) is 0 Å². The zero-order valence-electron chi connectivity index (χ0n) is 12.1. The van der Waals surface area contributed by atoms with Crippen molar-refractivity contribution in [2.75, 3.05) is 23.7 Å². The highest BCUT2D eigenvalue weighted by Gasteiger charge is 2.28. The summed E-state index contributed by atoms with van der Waals surface area (Å²) in [5.41, 5.74) is 8.47. The largest absolute Gasteiger partial charge is 0.398 e. The molecule has 4 nitrogen and oxygen atoms in total. The molecule has 0 bridgehead atoms. The van der Waals surface area contributed by atoms with E-state index in [1.54, 1.807) is 0 Å². The fourth-order valence-electron chi connectivity index (χ4n) is 2.86. The van der Waals surface area contributed by atoms with Gasteiger partial charge in [0.2, 0.25) is 0 Å². The van der Waals surface area contributed by atoms with Crippen molar-refractivity contribution < 1.29 is 5.11 Å². The Kier molecular flexibility index (Phi) is 3.05. The van der Waals surface area contributed by atoms with Crippen LogP contribution in [0.3, 0.4) is 0 Å². The fraction of sp³-hybridized carbons (Fsp3) is 0.438. The molecule has 0 amide bonds. The molecule has 0 saturated carbocycles. The first kappa shape index (κ1) is 13.2. The number of piperidine rings is 1. The molecule has 1 aliphatic rings. The summed E-state index contributed by atoms with van der Waals surface area (Å²) >= 11 is 0. The molecule has 3 N–H and O–H groups in total. The Hall–Kier alpha value is -1.81. The molecule has 2 heterocycles. The summed E-state index contributed by atoms with van der Waals surface area (Å²) in [4.78, 5) is 6.67. The van der Waals surface area contributed by atoms with Gasteiger partial charge in [0, 0.05) is 47.1 Å². The van der Waals surface area contributed by atoms with Crippen LogP contribution in [0.25, 0.3) is 10.8 Å². The number of nitrogens with two attached hydrogens (primary N) is 1. The summed E-state index contributed by atoms with van der Waals surface area (Å²) in [5, 5.41) is 12.2. The van der Waals surface area contributed by atoms with Crippen LogP contribution in [0.1, 0.15) is 25.5 Å². The van der Waals surface area contributed by atoms with Gasteiger partial charge < -0.3 is 15.7 Å². The molecule has 0 aliphatic carbocycles. The molecule has 2 aromatic rings. The Labute approximate surface area is 119 Å². The van der Waals surface area contributed by atoms with Gasteiger partial charge >= 0.3 is 0 Å². The summed E-state index contributed by atoms with van der Waals surface area (Å²) in [6.45, 7) is 5.65. The van der Waals surface area contributed by atoms with Crippen molar-refractivity contribution in [2.45, 2.75) is 32.3 Å². The van der Waals surface area contributed by atoms with E-state index in [9.17, 15) is 5.11 Å². The van der Waals surface area contributed by atoms with Gasteiger partial charge in [-0.1, -0.05) is 0 Å². The number of rotatable bonds is 1. The zero-order valence-corrected chi connectivity index (χ0v) is 12.1. The number of aromatic nitrogens is 1. The third-order valence-electron chi connectivity index (χ3n) is 4.23. The van der Waals surface area contributed by atoms with Crippen LogP contribution in [0.15, 0.2) is 24.4 Å². The molecule has 1 fully saturated rings. The topological polar surface area (TPSA) is 62.4 Å². The molecule has 0 unspecified atom stereocenters. The fourth-order valence-corrected chi connectivity index (χ4v) is 2.86. The SMILES string of the molecule is Cc1cc2c(N3CCC(C)(O)CC3)ccc(N)c2cn1. The van der Waals surface area contributed by atoms with Crippen molar-refractivity contribution in [3.8, 4) is 0 Å². The number of nitrogens with zero attached hydrogens (tertiary/aromatic N) is 2. The number of aryl methyl sites for hydroxylation is 1. The minimum Gasteiger partial charge on any atom is -0.398 e. The molecule has 1 saturated heterocycles. The maximum atomic E-state index is 10.1. The Bertz CT molecular complexity index is 641. The second kappa shape index (κ2) is 4.63. The van der Waals surface area contributed by atoms with Gasteiger partial charge in [-0.05, 0) is 44.9 Å². The average Bonchev–Trinajstić information content (AvgIpc) is 2.40. The predicted molar refractivity (Wildman–Crippen MR) is 83.0 cm³/mol. The van der Waals surface area contributed by atoms with Crippen molar-refractivity contribution >= 4 is 22.1 Å². The Morgan fingerprint density at radius 1 is 1.25 bits per heavy atom. The summed E-state index contributed by atoms with van der Waals surface area (Å²) in [6.07, 6.45) is 3.44. The predicted octanol–water partition coefficient (Wildman–Crippen LogP) is 2.48. The number of fused-ring (bicyclic) bond motifs is 1. The lowest BCUT2D eigenvalue weighted by Gasteiger charge is -2.37. The smallest absolute Gasteiger partial charge is 0.0653 e. The normalized spacial score (nSPS) is 18.4. The molecule has 0 radical (unpaired) electrons. The molecule has 106 valence electrons. The van der Waals surface area contributed by atoms with Gasteiger partial charge in [-0.15, -0.1) is 0 Å². The number of hydrogen-bond donors (Lipinski definition) is 2. The monoisotopic (exact) mass is 271 g/mol. The third kappa shape index (κ3) is 2.31. The Morgan fingerprint density at radius 2 is 1.95 bits per heavy atom. The number of hydrogen-bond acceptors (Lipinski definition) is 4. The molecule has 1 aliphatic heterocycles. The molecular weight excluding hydrogens is 250 g/mol. The standard InChI is InChI=1S/C16H21N3O/c1-11-9-12-13(10-18-11)14(17)3-4-15(12)19-7-5-16(2,20)6-8-19/h3-4,9-10,20H,5-8,17H2,1-2H3. The zero-order chi connectivity index (χ0) is 14.3. The van der Waals surface area contributed by atoms with Crippen molar-refractivity contribution in [1.29, 1.82) is 0 Å². The maximum Gasteiger partial charge on any atom is 0.0653 e. The van der Waals surface area contributed by atoms with E-state index in [1.807, 2.05) is 26.1 Å². The van der Waals surface area contributed by atoms with Gasteiger partial charge in [-0.2, -0.15) is 0 Å². The van der Waals surface area contributed by atoms with Crippen molar-refractivity contribution in [1.82, 2.24) is 4.98 Å². The first-order chi connectivity index (χ1) is 9.46. The molecular formula is C16H21N3O. The lowest BCUT2D eigenvalue weighted by Crippen LogP contribution is -2.42. The highest BCUT2D eigenvalue weighted by Crippen LogP contribution is 2.34. The van der Waals surface area contributed by atoms with Gasteiger partial charge in [-0.25, -0.2) is 0 Å². The van der Waals surface area contributed by atoms with Crippen molar-refractivity contribution in [2.24, 2.45) is 0 Å². The highest BCUT2D eigenvalue weighted by atomic mass is 16.3. The van der Waals surface area contributed by atoms with Crippen LogP contribution in [0, 0.1) is 6.92 Å². The molecule has 4 heteroatoms. The summed E-state index contributed by atoms with van der Waals surface area (Å²) in [5.74, 6) is 0. The van der Waals surface area contributed by atoms with Crippen LogP contribution in [0.5, 0.6) is 0 Å². The van der Waals surface area contributed by atoms with Crippen molar-refractivity contribution in [3.63, 3.8) is 0 Å². The van der Waals surface area contributed by atoms with Gasteiger partial charge in [0.25, 0.3) is 0 Å². The van der Waals surface area contributed by atoms with Crippen LogP contribution in [-0.4, -0.2) is 28.8 Å². The van der Waals surface area contributed by atoms with E-state index in [2.05, 4.69) is 22.0 Å². The first-order valence-corrected chi connectivity index (χ1v) is 7.08. The van der Waals surface area contributed by atoms with Gasteiger partial charge in [-0.3, -0.25) is 4.98 Å². The Balaban J connectivity index is 2.04. The van der Waals surface area contributed by atoms with Gasteiger partial charge in [0.05, 0.1) is 5.60 Å². The number of aliphatic hydroxyl groups is 1. The minimum atomic E-state index is -0.530. The Morgan fingerprint density at radius 3 is 2.65 bits per heavy atom. The molecule has 0 spiro atoms. The molecule has 1 aromatic carbocycles. The number of anilines is 2. The number of nitrogen functional groups attached to an aromatic ring is 1. The van der Waals surface area contributed by atoms with E-state index in [-0.39, 0.29) is 0 Å². The molecule has 3 rings (SSSR count). The van der Waals surface area contributed by atoms with E-state index in [0.29, 0.717) is 0 Å². The van der Waals surface area contributed by atoms with E-state index >= 15 is 0 Å². The van der Waals surface area contributed by atoms with E-state index < -0.39 is 5.60 Å². The van der Waals surface area contributed by atoms with E-state index in [4.69, 9.17) is 5.73 Å².